The van der Waals surface area contributed by atoms with Crippen molar-refractivity contribution >= 4 is 0 Å². The third-order valence-electron chi connectivity index (χ3n) is 4.10. The lowest BCUT2D eigenvalue weighted by Gasteiger charge is -2.28. The van der Waals surface area contributed by atoms with E-state index in [4.69, 9.17) is 0 Å². The summed E-state index contributed by atoms with van der Waals surface area (Å²) in [7, 11) is 0. The van der Waals surface area contributed by atoms with Crippen molar-refractivity contribution in [2.24, 2.45) is 0 Å². The monoisotopic (exact) mass is 271 g/mol. The summed E-state index contributed by atoms with van der Waals surface area (Å²) >= 11 is 0. The molecule has 0 aliphatic heterocycles. The maximum atomic E-state index is 3.35. The summed E-state index contributed by atoms with van der Waals surface area (Å²) in [6.07, 6.45) is 0. The molecule has 0 atom stereocenters. The SMILES string of the molecule is CC(C)(c1ccccc1)c1ccccc1-c1[c]cccc1. The van der Waals surface area contributed by atoms with Crippen molar-refractivity contribution in [2.75, 3.05) is 0 Å². The highest BCUT2D eigenvalue weighted by Crippen LogP contribution is 2.37. The average molecular weight is 271 g/mol. The fourth-order valence-electron chi connectivity index (χ4n) is 2.83. The Kier molecular flexibility index (Phi) is 3.62. The Balaban J connectivity index is 2.16. The van der Waals surface area contributed by atoms with E-state index < -0.39 is 0 Å². The molecule has 3 rings (SSSR count). The third kappa shape index (κ3) is 2.62. The Morgan fingerprint density at radius 3 is 2.10 bits per heavy atom. The topological polar surface area (TPSA) is 0 Å². The molecule has 0 aliphatic carbocycles. The van der Waals surface area contributed by atoms with Crippen LogP contribution in [0.15, 0.2) is 78.9 Å². The van der Waals surface area contributed by atoms with Crippen LogP contribution in [0.2, 0.25) is 0 Å². The molecular weight excluding hydrogens is 252 g/mol. The molecule has 0 N–H and O–H groups in total. The van der Waals surface area contributed by atoms with Gasteiger partial charge < -0.3 is 0 Å². The van der Waals surface area contributed by atoms with E-state index in [1.165, 1.54) is 16.7 Å². The minimum Gasteiger partial charge on any atom is -0.0622 e. The minimum absolute atomic E-state index is 0.0401. The van der Waals surface area contributed by atoms with Crippen LogP contribution in [0.4, 0.5) is 0 Å². The summed E-state index contributed by atoms with van der Waals surface area (Å²) in [5.74, 6) is 0. The molecule has 0 bridgehead atoms. The number of hydrogen-bond acceptors (Lipinski definition) is 0. The Morgan fingerprint density at radius 1 is 0.714 bits per heavy atom. The van der Waals surface area contributed by atoms with Crippen molar-refractivity contribution in [1.29, 1.82) is 0 Å². The number of rotatable bonds is 3. The zero-order valence-corrected chi connectivity index (χ0v) is 12.5. The maximum absolute atomic E-state index is 3.35. The van der Waals surface area contributed by atoms with E-state index in [1.54, 1.807) is 0 Å². The van der Waals surface area contributed by atoms with Gasteiger partial charge >= 0.3 is 0 Å². The predicted octanol–water partition coefficient (Wildman–Crippen LogP) is 5.48. The van der Waals surface area contributed by atoms with Crippen molar-refractivity contribution in [3.63, 3.8) is 0 Å². The molecule has 21 heavy (non-hydrogen) atoms. The van der Waals surface area contributed by atoms with Gasteiger partial charge in [-0.2, -0.15) is 0 Å². The van der Waals surface area contributed by atoms with E-state index in [9.17, 15) is 0 Å². The van der Waals surface area contributed by atoms with Gasteiger partial charge in [-0.25, -0.2) is 0 Å². The molecule has 0 saturated heterocycles. The zero-order valence-electron chi connectivity index (χ0n) is 12.5. The Hall–Kier alpha value is -2.34. The largest absolute Gasteiger partial charge is 0.0622 e. The lowest BCUT2D eigenvalue weighted by atomic mass is 9.75. The van der Waals surface area contributed by atoms with Gasteiger partial charge in [0.2, 0.25) is 0 Å². The molecule has 0 heterocycles. The van der Waals surface area contributed by atoms with Gasteiger partial charge in [-0.3, -0.25) is 0 Å². The third-order valence-corrected chi connectivity index (χ3v) is 4.10. The van der Waals surface area contributed by atoms with Crippen LogP contribution in [0.1, 0.15) is 25.0 Å². The highest BCUT2D eigenvalue weighted by molar-refractivity contribution is 5.69. The van der Waals surface area contributed by atoms with Crippen LogP contribution in [0.25, 0.3) is 11.1 Å². The summed E-state index contributed by atoms with van der Waals surface area (Å²) in [5.41, 5.74) is 5.03. The lowest BCUT2D eigenvalue weighted by Crippen LogP contribution is -2.19. The standard InChI is InChI=1S/C21H19/c1-21(2,18-13-7-4-8-14-18)20-16-10-9-15-19(20)17-11-5-3-6-12-17/h3-11,13-16H,1-2H3. The molecule has 0 nitrogen and oxygen atoms in total. The molecule has 103 valence electrons. The van der Waals surface area contributed by atoms with Crippen molar-refractivity contribution in [3.05, 3.63) is 96.1 Å². The van der Waals surface area contributed by atoms with E-state index >= 15 is 0 Å². The first-order valence-electron chi connectivity index (χ1n) is 7.32. The second-order valence-corrected chi connectivity index (χ2v) is 5.81. The molecule has 0 fully saturated rings. The van der Waals surface area contributed by atoms with Crippen molar-refractivity contribution in [2.45, 2.75) is 19.3 Å². The second kappa shape index (κ2) is 5.57. The van der Waals surface area contributed by atoms with E-state index in [0.29, 0.717) is 0 Å². The summed E-state index contributed by atoms with van der Waals surface area (Å²) in [4.78, 5) is 0. The Bertz CT molecular complexity index is 709. The van der Waals surface area contributed by atoms with E-state index in [1.807, 2.05) is 12.1 Å². The van der Waals surface area contributed by atoms with Crippen LogP contribution in [0.5, 0.6) is 0 Å². The first kappa shape index (κ1) is 13.6. The summed E-state index contributed by atoms with van der Waals surface area (Å²) < 4.78 is 0. The molecule has 1 radical (unpaired) electrons. The first-order valence-corrected chi connectivity index (χ1v) is 7.32. The second-order valence-electron chi connectivity index (χ2n) is 5.81. The van der Waals surface area contributed by atoms with Gasteiger partial charge in [-0.15, -0.1) is 0 Å². The Morgan fingerprint density at radius 2 is 1.38 bits per heavy atom. The van der Waals surface area contributed by atoms with Crippen molar-refractivity contribution in [1.82, 2.24) is 0 Å². The van der Waals surface area contributed by atoms with Crippen LogP contribution in [0.3, 0.4) is 0 Å². The molecule has 0 unspecified atom stereocenters. The summed E-state index contributed by atoms with van der Waals surface area (Å²) in [6.45, 7) is 4.56. The molecule has 3 aromatic carbocycles. The lowest BCUT2D eigenvalue weighted by molar-refractivity contribution is 0.642. The Labute approximate surface area is 127 Å². The molecule has 0 aromatic heterocycles. The van der Waals surface area contributed by atoms with Gasteiger partial charge in [0.1, 0.15) is 0 Å². The fraction of sp³-hybridized carbons (Fsp3) is 0.143. The van der Waals surface area contributed by atoms with Gasteiger partial charge in [0, 0.05) is 5.41 Å². The number of benzene rings is 3. The molecule has 0 saturated carbocycles. The maximum Gasteiger partial charge on any atom is 0.0152 e. The molecule has 0 heteroatoms. The average Bonchev–Trinajstić information content (AvgIpc) is 2.56. The van der Waals surface area contributed by atoms with E-state index in [-0.39, 0.29) is 5.41 Å². The molecule has 0 aliphatic rings. The first-order chi connectivity index (χ1) is 10.2. The van der Waals surface area contributed by atoms with Crippen molar-refractivity contribution < 1.29 is 0 Å². The van der Waals surface area contributed by atoms with Crippen LogP contribution in [-0.2, 0) is 5.41 Å². The molecule has 0 amide bonds. The molecule has 3 aromatic rings. The van der Waals surface area contributed by atoms with Crippen LogP contribution >= 0.6 is 0 Å². The summed E-state index contributed by atoms with van der Waals surface area (Å²) in [6, 6.07) is 30.8. The highest BCUT2D eigenvalue weighted by atomic mass is 14.3. The summed E-state index contributed by atoms with van der Waals surface area (Å²) in [5, 5.41) is 0. The fourth-order valence-corrected chi connectivity index (χ4v) is 2.83. The molecular formula is C21H19. The van der Waals surface area contributed by atoms with Crippen LogP contribution in [0, 0.1) is 6.07 Å². The minimum atomic E-state index is -0.0401. The van der Waals surface area contributed by atoms with Gasteiger partial charge in [0.05, 0.1) is 0 Å². The quantitative estimate of drug-likeness (QED) is 0.591. The van der Waals surface area contributed by atoms with Crippen molar-refractivity contribution in [3.8, 4) is 11.1 Å². The molecule has 0 spiro atoms. The van der Waals surface area contributed by atoms with Gasteiger partial charge in [0.15, 0.2) is 0 Å². The van der Waals surface area contributed by atoms with Gasteiger partial charge in [-0.1, -0.05) is 92.7 Å². The van der Waals surface area contributed by atoms with E-state index in [2.05, 4.69) is 86.6 Å². The highest BCUT2D eigenvalue weighted by Gasteiger charge is 2.25. The van der Waals surface area contributed by atoms with Crippen LogP contribution in [-0.4, -0.2) is 0 Å². The van der Waals surface area contributed by atoms with Crippen LogP contribution < -0.4 is 0 Å². The smallest absolute Gasteiger partial charge is 0.0152 e. The van der Waals surface area contributed by atoms with Gasteiger partial charge in [0.25, 0.3) is 0 Å². The zero-order chi connectivity index (χ0) is 14.7. The number of hydrogen-bond donors (Lipinski definition) is 0. The van der Waals surface area contributed by atoms with Gasteiger partial charge in [-0.05, 0) is 28.3 Å². The predicted molar refractivity (Wildman–Crippen MR) is 89.3 cm³/mol. The van der Waals surface area contributed by atoms with E-state index in [0.717, 1.165) is 5.56 Å². The normalized spacial score (nSPS) is 11.3.